The normalized spacial score (nSPS) is 10.5. The van der Waals surface area contributed by atoms with Crippen molar-refractivity contribution in [1.82, 2.24) is 0 Å². The topological polar surface area (TPSA) is 44.0 Å². The molecule has 0 bridgehead atoms. The highest BCUT2D eigenvalue weighted by Gasteiger charge is 2.15. The molecule has 0 aliphatic carbocycles. The molecule has 4 heteroatoms. The fourth-order valence-corrected chi connectivity index (χ4v) is 1.82. The lowest BCUT2D eigenvalue weighted by Crippen LogP contribution is -2.36. The third-order valence-electron chi connectivity index (χ3n) is 3.04. The van der Waals surface area contributed by atoms with Crippen LogP contribution in [0.2, 0.25) is 0 Å². The van der Waals surface area contributed by atoms with Crippen molar-refractivity contribution < 1.29 is 13.9 Å². The molecule has 2 rings (SSSR count). The number of carbonyl (C=O) groups is 1. The predicted octanol–water partition coefficient (Wildman–Crippen LogP) is 2.50. The van der Waals surface area contributed by atoms with Gasteiger partial charge in [0.15, 0.2) is 11.5 Å². The number of nitrogens with zero attached hydrogens (tertiary/aromatic N) is 1. The van der Waals surface area contributed by atoms with Gasteiger partial charge in [-0.15, -0.1) is 0 Å². The lowest BCUT2D eigenvalue weighted by Gasteiger charge is -2.06. The molecule has 0 spiro atoms. The first-order valence-electron chi connectivity index (χ1n) is 5.96. The Hall–Kier alpha value is -2.23. The number of aromatic nitrogens is 1. The van der Waals surface area contributed by atoms with Crippen molar-refractivity contribution in [2.24, 2.45) is 0 Å². The minimum Gasteiger partial charge on any atom is -0.618 e. The van der Waals surface area contributed by atoms with Crippen molar-refractivity contribution in [2.45, 2.75) is 20.3 Å². The molecule has 0 saturated carbocycles. The maximum atomic E-state index is 13.4. The molecule has 2 aromatic rings. The third kappa shape index (κ3) is 2.78. The number of rotatable bonds is 3. The fourth-order valence-electron chi connectivity index (χ4n) is 1.82. The van der Waals surface area contributed by atoms with Gasteiger partial charge in [-0.25, -0.2) is 4.39 Å². The number of hydrogen-bond acceptors (Lipinski definition) is 2. The average Bonchev–Trinajstić information content (AvgIpc) is 2.38. The second-order valence-corrected chi connectivity index (χ2v) is 4.52. The molecule has 0 N–H and O–H groups in total. The fraction of sp³-hybridized carbons (Fsp3) is 0.200. The van der Waals surface area contributed by atoms with Gasteiger partial charge >= 0.3 is 0 Å². The van der Waals surface area contributed by atoms with Crippen LogP contribution < -0.4 is 4.73 Å². The van der Waals surface area contributed by atoms with E-state index in [0.717, 1.165) is 4.73 Å². The van der Waals surface area contributed by atoms with E-state index in [1.165, 1.54) is 6.07 Å². The summed E-state index contributed by atoms with van der Waals surface area (Å²) in [6, 6.07) is 9.34. The Balaban J connectivity index is 2.26. The minimum atomic E-state index is -0.412. The van der Waals surface area contributed by atoms with Crippen LogP contribution in [0.3, 0.4) is 0 Å². The second-order valence-electron chi connectivity index (χ2n) is 4.52. The molecule has 0 unspecified atom stereocenters. The number of carbonyl (C=O) groups excluding carboxylic acids is 1. The number of halogens is 1. The molecular weight excluding hydrogens is 245 g/mol. The van der Waals surface area contributed by atoms with Crippen LogP contribution in [-0.4, -0.2) is 5.78 Å². The molecule has 0 aliphatic rings. The van der Waals surface area contributed by atoms with Crippen LogP contribution in [0.1, 0.15) is 27.3 Å². The van der Waals surface area contributed by atoms with Gasteiger partial charge in [-0.1, -0.05) is 12.1 Å². The van der Waals surface area contributed by atoms with Gasteiger partial charge in [-0.05, 0) is 24.6 Å². The zero-order valence-electron chi connectivity index (χ0n) is 10.8. The molecule has 0 radical (unpaired) electrons. The number of ketones is 1. The molecule has 1 aromatic heterocycles. The standard InChI is InChI=1S/C15H14FNO2/c1-10-6-7-12(8-14(10)16)15(18)9-13-5-3-4-11(2)17(13)19/h3-8H,9H2,1-2H3. The highest BCUT2D eigenvalue weighted by Crippen LogP contribution is 2.11. The van der Waals surface area contributed by atoms with Crippen LogP contribution >= 0.6 is 0 Å². The van der Waals surface area contributed by atoms with E-state index in [1.54, 1.807) is 44.2 Å². The Morgan fingerprint density at radius 3 is 2.68 bits per heavy atom. The second kappa shape index (κ2) is 5.18. The molecular formula is C15H14FNO2. The molecule has 0 amide bonds. The van der Waals surface area contributed by atoms with E-state index >= 15 is 0 Å². The summed E-state index contributed by atoms with van der Waals surface area (Å²) in [6.45, 7) is 3.31. The van der Waals surface area contributed by atoms with Crippen LogP contribution in [0.4, 0.5) is 4.39 Å². The number of Topliss-reactive ketones (excluding diaryl/α,β-unsaturated/α-hetero) is 1. The Morgan fingerprint density at radius 1 is 1.26 bits per heavy atom. The van der Waals surface area contributed by atoms with E-state index in [4.69, 9.17) is 0 Å². The zero-order chi connectivity index (χ0) is 14.0. The van der Waals surface area contributed by atoms with Crippen LogP contribution in [0.15, 0.2) is 36.4 Å². The van der Waals surface area contributed by atoms with Gasteiger partial charge in [-0.2, -0.15) is 4.73 Å². The largest absolute Gasteiger partial charge is 0.618 e. The summed E-state index contributed by atoms with van der Waals surface area (Å²) < 4.78 is 14.1. The van der Waals surface area contributed by atoms with E-state index in [1.807, 2.05) is 0 Å². The van der Waals surface area contributed by atoms with Crippen LogP contribution in [0.5, 0.6) is 0 Å². The van der Waals surface area contributed by atoms with Crippen molar-refractivity contribution in [1.29, 1.82) is 0 Å². The highest BCUT2D eigenvalue weighted by atomic mass is 19.1. The summed E-state index contributed by atoms with van der Waals surface area (Å²) in [6.07, 6.45) is -0.0340. The van der Waals surface area contributed by atoms with Gasteiger partial charge in [0.2, 0.25) is 5.69 Å². The average molecular weight is 259 g/mol. The quantitative estimate of drug-likeness (QED) is 0.483. The molecule has 1 heterocycles. The number of hydrogen-bond donors (Lipinski definition) is 0. The van der Waals surface area contributed by atoms with Crippen molar-refractivity contribution in [3.8, 4) is 0 Å². The molecule has 3 nitrogen and oxygen atoms in total. The summed E-state index contributed by atoms with van der Waals surface area (Å²) in [7, 11) is 0. The monoisotopic (exact) mass is 259 g/mol. The predicted molar refractivity (Wildman–Crippen MR) is 69.3 cm³/mol. The van der Waals surface area contributed by atoms with E-state index in [9.17, 15) is 14.4 Å². The van der Waals surface area contributed by atoms with Gasteiger partial charge in [-0.3, -0.25) is 4.79 Å². The maximum absolute atomic E-state index is 13.4. The maximum Gasteiger partial charge on any atom is 0.200 e. The minimum absolute atomic E-state index is 0.0340. The summed E-state index contributed by atoms with van der Waals surface area (Å²) in [5.74, 6) is -0.681. The first kappa shape index (κ1) is 13.2. The van der Waals surface area contributed by atoms with Gasteiger partial charge in [0, 0.05) is 24.6 Å². The number of aryl methyl sites for hydroxylation is 2. The van der Waals surface area contributed by atoms with Crippen molar-refractivity contribution in [3.63, 3.8) is 0 Å². The SMILES string of the molecule is Cc1ccc(C(=O)Cc2cccc(C)[n+]2[O-])cc1F. The number of pyridine rings is 1. The Labute approximate surface area is 110 Å². The zero-order valence-corrected chi connectivity index (χ0v) is 10.8. The summed E-state index contributed by atoms with van der Waals surface area (Å²) in [4.78, 5) is 12.0. The van der Waals surface area contributed by atoms with Gasteiger partial charge in [0.05, 0.1) is 6.42 Å². The Bertz CT molecular complexity index is 638. The first-order valence-corrected chi connectivity index (χ1v) is 5.96. The molecule has 0 aliphatic heterocycles. The van der Waals surface area contributed by atoms with Crippen LogP contribution in [0.25, 0.3) is 0 Å². The van der Waals surface area contributed by atoms with E-state index in [-0.39, 0.29) is 17.8 Å². The summed E-state index contributed by atoms with van der Waals surface area (Å²) in [5.41, 5.74) is 1.67. The molecule has 19 heavy (non-hydrogen) atoms. The van der Waals surface area contributed by atoms with Gasteiger partial charge in [0.1, 0.15) is 5.82 Å². The van der Waals surface area contributed by atoms with E-state index in [0.29, 0.717) is 17.0 Å². The number of benzene rings is 1. The van der Waals surface area contributed by atoms with Crippen molar-refractivity contribution >= 4 is 5.78 Å². The van der Waals surface area contributed by atoms with Gasteiger partial charge in [0.25, 0.3) is 0 Å². The Morgan fingerprint density at radius 2 is 2.00 bits per heavy atom. The van der Waals surface area contributed by atoms with Crippen molar-refractivity contribution in [2.75, 3.05) is 0 Å². The van der Waals surface area contributed by atoms with Crippen LogP contribution in [-0.2, 0) is 6.42 Å². The lowest BCUT2D eigenvalue weighted by molar-refractivity contribution is -0.620. The molecule has 98 valence electrons. The molecule has 0 fully saturated rings. The van der Waals surface area contributed by atoms with E-state index < -0.39 is 5.82 Å². The summed E-state index contributed by atoms with van der Waals surface area (Å²) in [5, 5.41) is 11.7. The molecule has 0 atom stereocenters. The molecule has 1 aromatic carbocycles. The summed E-state index contributed by atoms with van der Waals surface area (Å²) >= 11 is 0. The van der Waals surface area contributed by atoms with E-state index in [2.05, 4.69) is 0 Å². The van der Waals surface area contributed by atoms with Gasteiger partial charge < -0.3 is 5.21 Å². The Kier molecular flexibility index (Phi) is 3.60. The van der Waals surface area contributed by atoms with Crippen molar-refractivity contribution in [3.05, 3.63) is 69.9 Å². The third-order valence-corrected chi connectivity index (χ3v) is 3.04. The highest BCUT2D eigenvalue weighted by molar-refractivity contribution is 5.97. The smallest absolute Gasteiger partial charge is 0.200 e. The van der Waals surface area contributed by atoms with Crippen LogP contribution in [0, 0.1) is 24.9 Å². The lowest BCUT2D eigenvalue weighted by atomic mass is 10.0. The molecule has 0 saturated heterocycles. The first-order chi connectivity index (χ1) is 8.99.